The van der Waals surface area contributed by atoms with E-state index in [-0.39, 0.29) is 5.41 Å². The largest absolute Gasteiger partial charge is 0.471 e. The standard InChI is InChI=1S/C19H15N3O/c1-19(2)13-4-3-7-20-16(13)12-6-5-11-10-23-18-17(14(11)15(12)19)21-8-9-22-18/h3-9H,10H2,1-2H3. The number of nitrogens with zero attached hydrogens (tertiary/aromatic N) is 3. The van der Waals surface area contributed by atoms with Crippen LogP contribution in [0.1, 0.15) is 30.5 Å². The Kier molecular flexibility index (Phi) is 2.31. The van der Waals surface area contributed by atoms with Crippen LogP contribution in [0.2, 0.25) is 0 Å². The number of ether oxygens (including phenoxy) is 1. The first kappa shape index (κ1) is 12.8. The van der Waals surface area contributed by atoms with Gasteiger partial charge in [0.05, 0.1) is 5.69 Å². The third kappa shape index (κ3) is 1.53. The molecule has 0 bridgehead atoms. The van der Waals surface area contributed by atoms with E-state index in [4.69, 9.17) is 4.74 Å². The molecule has 1 aliphatic carbocycles. The molecule has 0 atom stereocenters. The van der Waals surface area contributed by atoms with Crippen molar-refractivity contribution >= 4 is 0 Å². The van der Waals surface area contributed by atoms with Gasteiger partial charge in [-0.2, -0.15) is 0 Å². The van der Waals surface area contributed by atoms with Crippen LogP contribution in [0.3, 0.4) is 0 Å². The van der Waals surface area contributed by atoms with Gasteiger partial charge in [0.25, 0.3) is 0 Å². The highest BCUT2D eigenvalue weighted by molar-refractivity contribution is 5.88. The number of hydrogen-bond donors (Lipinski definition) is 0. The summed E-state index contributed by atoms with van der Waals surface area (Å²) in [6.07, 6.45) is 5.26. The maximum Gasteiger partial charge on any atom is 0.240 e. The van der Waals surface area contributed by atoms with Crippen LogP contribution in [0.5, 0.6) is 5.88 Å². The molecular formula is C19H15N3O. The lowest BCUT2D eigenvalue weighted by Crippen LogP contribution is -2.19. The number of pyridine rings is 1. The zero-order chi connectivity index (χ0) is 15.6. The van der Waals surface area contributed by atoms with E-state index < -0.39 is 0 Å². The second kappa shape index (κ2) is 4.16. The number of rotatable bonds is 0. The van der Waals surface area contributed by atoms with E-state index in [1.807, 2.05) is 12.3 Å². The number of hydrogen-bond acceptors (Lipinski definition) is 4. The van der Waals surface area contributed by atoms with Crippen LogP contribution < -0.4 is 4.74 Å². The zero-order valence-electron chi connectivity index (χ0n) is 13.0. The highest BCUT2D eigenvalue weighted by atomic mass is 16.5. The molecule has 0 saturated carbocycles. The van der Waals surface area contributed by atoms with E-state index in [2.05, 4.69) is 47.0 Å². The van der Waals surface area contributed by atoms with E-state index in [0.29, 0.717) is 12.5 Å². The Morgan fingerprint density at radius 3 is 2.70 bits per heavy atom. The van der Waals surface area contributed by atoms with Gasteiger partial charge in [-0.3, -0.25) is 4.98 Å². The predicted octanol–water partition coefficient (Wildman–Crippen LogP) is 3.74. The number of benzene rings is 1. The van der Waals surface area contributed by atoms with Gasteiger partial charge in [-0.25, -0.2) is 9.97 Å². The first-order chi connectivity index (χ1) is 11.2. The van der Waals surface area contributed by atoms with Gasteiger partial charge in [-0.15, -0.1) is 0 Å². The molecule has 0 fully saturated rings. The summed E-state index contributed by atoms with van der Waals surface area (Å²) < 4.78 is 5.77. The molecule has 3 aromatic rings. The Morgan fingerprint density at radius 1 is 0.957 bits per heavy atom. The normalized spacial score (nSPS) is 15.9. The molecular weight excluding hydrogens is 286 g/mol. The maximum atomic E-state index is 5.77. The first-order valence-corrected chi connectivity index (χ1v) is 7.74. The van der Waals surface area contributed by atoms with E-state index in [1.54, 1.807) is 12.4 Å². The van der Waals surface area contributed by atoms with Gasteiger partial charge >= 0.3 is 0 Å². The summed E-state index contributed by atoms with van der Waals surface area (Å²) in [5.41, 5.74) is 7.88. The molecule has 3 heterocycles. The van der Waals surface area contributed by atoms with E-state index in [1.165, 1.54) is 22.3 Å². The average Bonchev–Trinajstić information content (AvgIpc) is 2.83. The van der Waals surface area contributed by atoms with Crippen LogP contribution in [0.25, 0.3) is 22.5 Å². The summed E-state index contributed by atoms with van der Waals surface area (Å²) in [5.74, 6) is 0.619. The van der Waals surface area contributed by atoms with Gasteiger partial charge in [0.15, 0.2) is 0 Å². The maximum absolute atomic E-state index is 5.77. The second-order valence-corrected chi connectivity index (χ2v) is 6.55. The lowest BCUT2D eigenvalue weighted by atomic mass is 9.78. The Morgan fingerprint density at radius 2 is 1.78 bits per heavy atom. The fraction of sp³-hybridized carbons (Fsp3) is 0.211. The van der Waals surface area contributed by atoms with Crippen molar-refractivity contribution in [1.29, 1.82) is 0 Å². The van der Waals surface area contributed by atoms with Crippen LogP contribution in [0, 0.1) is 0 Å². The highest BCUT2D eigenvalue weighted by Gasteiger charge is 2.40. The molecule has 0 radical (unpaired) electrons. The summed E-state index contributed by atoms with van der Waals surface area (Å²) in [7, 11) is 0. The lowest BCUT2D eigenvalue weighted by molar-refractivity contribution is 0.288. The molecule has 1 aromatic carbocycles. The summed E-state index contributed by atoms with van der Waals surface area (Å²) in [6, 6.07) is 8.48. The third-order valence-corrected chi connectivity index (χ3v) is 4.92. The fourth-order valence-electron chi connectivity index (χ4n) is 3.89. The molecule has 0 saturated heterocycles. The minimum atomic E-state index is -0.115. The van der Waals surface area contributed by atoms with E-state index in [0.717, 1.165) is 17.0 Å². The molecule has 2 aromatic heterocycles. The Balaban J connectivity index is 1.91. The molecule has 0 N–H and O–H groups in total. The van der Waals surface area contributed by atoms with Crippen molar-refractivity contribution < 1.29 is 4.74 Å². The Hall–Kier alpha value is -2.75. The molecule has 23 heavy (non-hydrogen) atoms. The van der Waals surface area contributed by atoms with Crippen LogP contribution in [0.15, 0.2) is 42.9 Å². The van der Waals surface area contributed by atoms with Crippen molar-refractivity contribution in [2.24, 2.45) is 0 Å². The predicted molar refractivity (Wildman–Crippen MR) is 87.2 cm³/mol. The summed E-state index contributed by atoms with van der Waals surface area (Å²) in [5, 5.41) is 0. The Labute approximate surface area is 134 Å². The molecule has 4 nitrogen and oxygen atoms in total. The Bertz CT molecular complexity index is 963. The van der Waals surface area contributed by atoms with Gasteiger partial charge in [0, 0.05) is 35.1 Å². The van der Waals surface area contributed by atoms with Crippen molar-refractivity contribution in [2.75, 3.05) is 0 Å². The molecule has 0 amide bonds. The minimum Gasteiger partial charge on any atom is -0.471 e. The molecule has 112 valence electrons. The third-order valence-electron chi connectivity index (χ3n) is 4.92. The van der Waals surface area contributed by atoms with Crippen LogP contribution in [0.4, 0.5) is 0 Å². The minimum absolute atomic E-state index is 0.115. The molecule has 5 rings (SSSR count). The van der Waals surface area contributed by atoms with Crippen molar-refractivity contribution in [3.63, 3.8) is 0 Å². The van der Waals surface area contributed by atoms with E-state index in [9.17, 15) is 0 Å². The smallest absolute Gasteiger partial charge is 0.240 e. The molecule has 0 unspecified atom stereocenters. The van der Waals surface area contributed by atoms with Crippen LogP contribution in [-0.2, 0) is 12.0 Å². The number of aromatic nitrogens is 3. The zero-order valence-corrected chi connectivity index (χ0v) is 13.0. The lowest BCUT2D eigenvalue weighted by Gasteiger charge is -2.28. The van der Waals surface area contributed by atoms with Gasteiger partial charge in [-0.05, 0) is 22.8 Å². The highest BCUT2D eigenvalue weighted by Crippen LogP contribution is 2.53. The van der Waals surface area contributed by atoms with Crippen molar-refractivity contribution in [3.05, 3.63) is 59.5 Å². The second-order valence-electron chi connectivity index (χ2n) is 6.55. The fourth-order valence-corrected chi connectivity index (χ4v) is 3.89. The van der Waals surface area contributed by atoms with Crippen LogP contribution in [-0.4, -0.2) is 15.0 Å². The molecule has 1 aliphatic heterocycles. The van der Waals surface area contributed by atoms with Crippen LogP contribution >= 0.6 is 0 Å². The van der Waals surface area contributed by atoms with Gasteiger partial charge in [-0.1, -0.05) is 32.0 Å². The summed E-state index contributed by atoms with van der Waals surface area (Å²) in [6.45, 7) is 5.05. The van der Waals surface area contributed by atoms with Crippen molar-refractivity contribution in [2.45, 2.75) is 25.9 Å². The monoisotopic (exact) mass is 301 g/mol. The molecule has 2 aliphatic rings. The first-order valence-electron chi connectivity index (χ1n) is 7.74. The van der Waals surface area contributed by atoms with Gasteiger partial charge in [0.1, 0.15) is 12.3 Å². The quantitative estimate of drug-likeness (QED) is 0.634. The van der Waals surface area contributed by atoms with Gasteiger partial charge in [0.2, 0.25) is 5.88 Å². The van der Waals surface area contributed by atoms with Crippen molar-refractivity contribution in [3.8, 4) is 28.4 Å². The van der Waals surface area contributed by atoms with Gasteiger partial charge < -0.3 is 4.74 Å². The SMILES string of the molecule is CC1(C)c2cccnc2-c2ccc3c(c21)-c1nccnc1OC3. The number of fused-ring (bicyclic) bond motifs is 7. The average molecular weight is 301 g/mol. The summed E-state index contributed by atoms with van der Waals surface area (Å²) in [4.78, 5) is 13.5. The summed E-state index contributed by atoms with van der Waals surface area (Å²) >= 11 is 0. The van der Waals surface area contributed by atoms with E-state index >= 15 is 0 Å². The molecule has 0 spiro atoms. The van der Waals surface area contributed by atoms with Crippen molar-refractivity contribution in [1.82, 2.24) is 15.0 Å². The molecule has 4 heteroatoms. The topological polar surface area (TPSA) is 47.9 Å².